The molecule has 0 spiro atoms. The van der Waals surface area contributed by atoms with E-state index in [1.165, 1.54) is 10.8 Å². The molecule has 3 nitrogen and oxygen atoms in total. The van der Waals surface area contributed by atoms with Crippen molar-refractivity contribution in [3.8, 4) is 0 Å². The second-order valence-electron chi connectivity index (χ2n) is 6.19. The minimum absolute atomic E-state index is 0.381. The Balaban J connectivity index is 2.25. The molecule has 5 aromatic rings. The van der Waals surface area contributed by atoms with Crippen LogP contribution in [0, 0.1) is 0 Å². The zero-order chi connectivity index (χ0) is 16.4. The molecule has 4 N–H and O–H groups in total. The van der Waals surface area contributed by atoms with Crippen molar-refractivity contribution in [3.05, 3.63) is 66.2 Å². The molecule has 5 aromatic carbocycles. The van der Waals surface area contributed by atoms with E-state index in [0.29, 0.717) is 11.3 Å². The lowest BCUT2D eigenvalue weighted by Crippen LogP contribution is -2.14. The van der Waals surface area contributed by atoms with Gasteiger partial charge in [0.15, 0.2) is 0 Å². The van der Waals surface area contributed by atoms with Crippen molar-refractivity contribution >= 4 is 54.7 Å². The SMILES string of the molecule is NC(=O)c1cc2cccc3c4cccc5cccc(c(c1N)c23)c54. The molecule has 5 rings (SSSR count). The Bertz CT molecular complexity index is 1280. The highest BCUT2D eigenvalue weighted by atomic mass is 16.1. The first kappa shape index (κ1) is 13.1. The average molecular weight is 310 g/mol. The van der Waals surface area contributed by atoms with Crippen molar-refractivity contribution in [2.75, 3.05) is 5.73 Å². The summed E-state index contributed by atoms with van der Waals surface area (Å²) in [5.74, 6) is -0.498. The van der Waals surface area contributed by atoms with Crippen molar-refractivity contribution < 1.29 is 4.79 Å². The van der Waals surface area contributed by atoms with E-state index in [1.807, 2.05) is 18.2 Å². The van der Waals surface area contributed by atoms with Crippen molar-refractivity contribution in [1.29, 1.82) is 0 Å². The number of carbonyl (C=O) groups excluding carboxylic acids is 1. The van der Waals surface area contributed by atoms with Gasteiger partial charge in [0, 0.05) is 5.39 Å². The Labute approximate surface area is 137 Å². The zero-order valence-corrected chi connectivity index (χ0v) is 12.8. The molecule has 0 unspecified atom stereocenters. The van der Waals surface area contributed by atoms with Crippen LogP contribution < -0.4 is 11.5 Å². The van der Waals surface area contributed by atoms with Crippen molar-refractivity contribution in [1.82, 2.24) is 0 Å². The molecule has 0 bridgehead atoms. The number of carbonyl (C=O) groups is 1. The number of anilines is 1. The van der Waals surface area contributed by atoms with E-state index in [-0.39, 0.29) is 0 Å². The van der Waals surface area contributed by atoms with Crippen LogP contribution >= 0.6 is 0 Å². The normalized spacial score (nSPS) is 11.8. The second-order valence-corrected chi connectivity index (χ2v) is 6.19. The first-order chi connectivity index (χ1) is 11.7. The van der Waals surface area contributed by atoms with Gasteiger partial charge in [0.05, 0.1) is 11.3 Å². The predicted molar refractivity (Wildman–Crippen MR) is 101 cm³/mol. The largest absolute Gasteiger partial charge is 0.398 e. The van der Waals surface area contributed by atoms with E-state index in [2.05, 4.69) is 36.4 Å². The second kappa shape index (κ2) is 4.36. The summed E-state index contributed by atoms with van der Waals surface area (Å²) >= 11 is 0. The summed E-state index contributed by atoms with van der Waals surface area (Å²) in [7, 11) is 0. The third-order valence-corrected chi connectivity index (χ3v) is 4.94. The fraction of sp³-hybridized carbons (Fsp3) is 0. The van der Waals surface area contributed by atoms with Gasteiger partial charge in [-0.15, -0.1) is 0 Å². The minimum Gasteiger partial charge on any atom is -0.398 e. The molecule has 0 atom stereocenters. The number of primary amides is 1. The number of nitrogen functional groups attached to an aromatic ring is 1. The van der Waals surface area contributed by atoms with Crippen LogP contribution in [-0.4, -0.2) is 5.91 Å². The Morgan fingerprint density at radius 1 is 0.708 bits per heavy atom. The standard InChI is InChI=1S/C21H14N2O/c22-20-16(21(23)24)10-12-6-3-8-14-13-7-1-4-11-5-2-9-15(17(11)13)19(20)18(12)14/h1-10H,22H2,(H2,23,24). The van der Waals surface area contributed by atoms with E-state index in [1.54, 1.807) is 6.07 Å². The van der Waals surface area contributed by atoms with Crippen molar-refractivity contribution in [2.45, 2.75) is 0 Å². The maximum Gasteiger partial charge on any atom is 0.250 e. The van der Waals surface area contributed by atoms with Crippen LogP contribution in [0.1, 0.15) is 10.4 Å². The van der Waals surface area contributed by atoms with Crippen LogP contribution in [0.4, 0.5) is 5.69 Å². The summed E-state index contributed by atoms with van der Waals surface area (Å²) in [4.78, 5) is 11.9. The number of fused-ring (bicyclic) bond motifs is 2. The lowest BCUT2D eigenvalue weighted by atomic mass is 9.88. The number of amides is 1. The monoisotopic (exact) mass is 310 g/mol. The molecule has 114 valence electrons. The van der Waals surface area contributed by atoms with Crippen LogP contribution in [0.15, 0.2) is 60.7 Å². The van der Waals surface area contributed by atoms with Gasteiger partial charge in [0.25, 0.3) is 5.91 Å². The van der Waals surface area contributed by atoms with Gasteiger partial charge in [0.1, 0.15) is 0 Å². The molecule has 0 radical (unpaired) electrons. The third-order valence-electron chi connectivity index (χ3n) is 4.94. The quantitative estimate of drug-likeness (QED) is 0.273. The molecule has 0 saturated heterocycles. The molecule has 0 aromatic heterocycles. The smallest absolute Gasteiger partial charge is 0.250 e. The van der Waals surface area contributed by atoms with Gasteiger partial charge in [-0.05, 0) is 43.8 Å². The number of rotatable bonds is 1. The fourth-order valence-electron chi connectivity index (χ4n) is 3.95. The molecule has 0 fully saturated rings. The van der Waals surface area contributed by atoms with Crippen LogP contribution in [0.5, 0.6) is 0 Å². The third kappa shape index (κ3) is 1.48. The Morgan fingerprint density at radius 2 is 1.29 bits per heavy atom. The maximum absolute atomic E-state index is 11.9. The van der Waals surface area contributed by atoms with E-state index >= 15 is 0 Å². The number of hydrogen-bond donors (Lipinski definition) is 2. The number of hydrogen-bond acceptors (Lipinski definition) is 2. The van der Waals surface area contributed by atoms with Crippen LogP contribution in [0.2, 0.25) is 0 Å². The minimum atomic E-state index is -0.498. The molecular formula is C21H14N2O. The molecule has 1 amide bonds. The topological polar surface area (TPSA) is 69.1 Å². The lowest BCUT2D eigenvalue weighted by molar-refractivity contribution is 0.100. The number of benzene rings is 5. The van der Waals surface area contributed by atoms with Crippen LogP contribution in [0.25, 0.3) is 43.1 Å². The van der Waals surface area contributed by atoms with Crippen LogP contribution in [-0.2, 0) is 0 Å². The maximum atomic E-state index is 11.9. The first-order valence-electron chi connectivity index (χ1n) is 7.84. The van der Waals surface area contributed by atoms with Crippen molar-refractivity contribution in [3.63, 3.8) is 0 Å². The molecule has 3 heteroatoms. The summed E-state index contributed by atoms with van der Waals surface area (Å²) in [6.07, 6.45) is 0. The van der Waals surface area contributed by atoms with Crippen LogP contribution in [0.3, 0.4) is 0 Å². The summed E-state index contributed by atoms with van der Waals surface area (Å²) in [6, 6.07) is 20.4. The van der Waals surface area contributed by atoms with E-state index in [9.17, 15) is 4.79 Å². The van der Waals surface area contributed by atoms with E-state index < -0.39 is 5.91 Å². The van der Waals surface area contributed by atoms with Gasteiger partial charge < -0.3 is 11.5 Å². The molecule has 0 aliphatic rings. The zero-order valence-electron chi connectivity index (χ0n) is 12.8. The summed E-state index contributed by atoms with van der Waals surface area (Å²) in [5, 5.41) is 8.74. The number of nitrogens with two attached hydrogens (primary N) is 2. The summed E-state index contributed by atoms with van der Waals surface area (Å²) in [6.45, 7) is 0. The molecule has 24 heavy (non-hydrogen) atoms. The fourth-order valence-corrected chi connectivity index (χ4v) is 3.95. The first-order valence-corrected chi connectivity index (χ1v) is 7.84. The molecule has 0 aliphatic carbocycles. The van der Waals surface area contributed by atoms with Gasteiger partial charge >= 0.3 is 0 Å². The Hall–Kier alpha value is -3.33. The van der Waals surface area contributed by atoms with Gasteiger partial charge in [-0.2, -0.15) is 0 Å². The molecule has 0 saturated carbocycles. The van der Waals surface area contributed by atoms with Gasteiger partial charge in [-0.25, -0.2) is 0 Å². The molecular weight excluding hydrogens is 296 g/mol. The van der Waals surface area contributed by atoms with Crippen molar-refractivity contribution in [2.24, 2.45) is 5.73 Å². The van der Waals surface area contributed by atoms with E-state index in [4.69, 9.17) is 11.5 Å². The molecule has 0 heterocycles. The highest BCUT2D eigenvalue weighted by molar-refractivity contribution is 6.36. The summed E-state index contributed by atoms with van der Waals surface area (Å²) in [5.41, 5.74) is 12.8. The highest BCUT2D eigenvalue weighted by Crippen LogP contribution is 2.43. The Morgan fingerprint density at radius 3 is 1.96 bits per heavy atom. The Kier molecular flexibility index (Phi) is 2.39. The molecule has 0 aliphatic heterocycles. The van der Waals surface area contributed by atoms with Gasteiger partial charge in [0.2, 0.25) is 0 Å². The van der Waals surface area contributed by atoms with Gasteiger partial charge in [-0.1, -0.05) is 54.6 Å². The average Bonchev–Trinajstić information content (AvgIpc) is 2.59. The van der Waals surface area contributed by atoms with Gasteiger partial charge in [-0.3, -0.25) is 4.79 Å². The summed E-state index contributed by atoms with van der Waals surface area (Å²) < 4.78 is 0. The highest BCUT2D eigenvalue weighted by Gasteiger charge is 2.18. The predicted octanol–water partition coefficient (Wildman–Crippen LogP) is 4.42. The lowest BCUT2D eigenvalue weighted by Gasteiger charge is -2.17. The van der Waals surface area contributed by atoms with E-state index in [0.717, 1.165) is 32.3 Å².